The van der Waals surface area contributed by atoms with Crippen molar-refractivity contribution in [2.45, 2.75) is 19.4 Å². The number of hydrogen-bond donors (Lipinski definition) is 1. The van der Waals surface area contributed by atoms with Crippen LogP contribution in [0.15, 0.2) is 24.3 Å². The molecule has 1 saturated heterocycles. The molecule has 4 heteroatoms. The molecule has 1 aliphatic heterocycles. The summed E-state index contributed by atoms with van der Waals surface area (Å²) in [7, 11) is 0. The molecule has 0 radical (unpaired) electrons. The van der Waals surface area contributed by atoms with Gasteiger partial charge in [0.05, 0.1) is 10.7 Å². The van der Waals surface area contributed by atoms with Crippen LogP contribution in [0.25, 0.3) is 0 Å². The van der Waals surface area contributed by atoms with E-state index in [0.717, 1.165) is 12.2 Å². The number of amides is 1. The van der Waals surface area contributed by atoms with Crippen molar-refractivity contribution in [3.63, 3.8) is 0 Å². The molecule has 0 aliphatic carbocycles. The van der Waals surface area contributed by atoms with E-state index >= 15 is 0 Å². The summed E-state index contributed by atoms with van der Waals surface area (Å²) in [6.07, 6.45) is 0. The maximum atomic E-state index is 11.8. The highest BCUT2D eigenvalue weighted by Crippen LogP contribution is 2.31. The number of anilines is 1. The zero-order valence-corrected chi connectivity index (χ0v) is 10.2. The quantitative estimate of drug-likeness (QED) is 0.812. The predicted molar refractivity (Wildman–Crippen MR) is 65.9 cm³/mol. The molecule has 1 fully saturated rings. The summed E-state index contributed by atoms with van der Waals surface area (Å²) >= 11 is 6.16. The van der Waals surface area contributed by atoms with Gasteiger partial charge in [-0.3, -0.25) is 4.79 Å². The minimum absolute atomic E-state index is 0.0404. The van der Waals surface area contributed by atoms with Crippen LogP contribution in [-0.4, -0.2) is 24.5 Å². The first-order valence-electron chi connectivity index (χ1n) is 5.34. The fraction of sp³-hybridized carbons (Fsp3) is 0.417. The van der Waals surface area contributed by atoms with Crippen molar-refractivity contribution in [1.29, 1.82) is 0 Å². The van der Waals surface area contributed by atoms with Gasteiger partial charge >= 0.3 is 0 Å². The molecule has 1 aliphatic rings. The number of hydrogen-bond acceptors (Lipinski definition) is 2. The largest absolute Gasteiger partial charge is 0.355 e. The third-order valence-corrected chi connectivity index (χ3v) is 3.31. The van der Waals surface area contributed by atoms with Crippen molar-refractivity contribution in [3.8, 4) is 0 Å². The number of carbonyl (C=O) groups is 1. The van der Waals surface area contributed by atoms with E-state index in [9.17, 15) is 4.79 Å². The molecule has 3 nitrogen and oxygen atoms in total. The first-order valence-corrected chi connectivity index (χ1v) is 5.72. The van der Waals surface area contributed by atoms with Crippen molar-refractivity contribution in [2.75, 3.05) is 18.0 Å². The van der Waals surface area contributed by atoms with Gasteiger partial charge in [0, 0.05) is 13.1 Å². The van der Waals surface area contributed by atoms with E-state index in [2.05, 4.69) is 5.32 Å². The van der Waals surface area contributed by atoms with Crippen molar-refractivity contribution in [1.82, 2.24) is 5.32 Å². The fourth-order valence-corrected chi connectivity index (χ4v) is 2.23. The van der Waals surface area contributed by atoms with E-state index in [4.69, 9.17) is 11.6 Å². The lowest BCUT2D eigenvalue weighted by Crippen LogP contribution is -2.62. The Morgan fingerprint density at radius 3 is 2.75 bits per heavy atom. The topological polar surface area (TPSA) is 32.3 Å². The Kier molecular flexibility index (Phi) is 2.80. The summed E-state index contributed by atoms with van der Waals surface area (Å²) in [6, 6.07) is 7.62. The molecule has 1 amide bonds. The molecule has 0 atom stereocenters. The molecule has 0 aromatic heterocycles. The van der Waals surface area contributed by atoms with E-state index in [1.807, 2.05) is 43.0 Å². The number of nitrogens with one attached hydrogen (secondary N) is 1. The van der Waals surface area contributed by atoms with Crippen molar-refractivity contribution in [3.05, 3.63) is 29.3 Å². The average molecular weight is 239 g/mol. The van der Waals surface area contributed by atoms with Gasteiger partial charge in [-0.2, -0.15) is 0 Å². The molecule has 1 aromatic rings. The predicted octanol–water partition coefficient (Wildman–Crippen LogP) is 2.05. The second-order valence-electron chi connectivity index (χ2n) is 4.42. The third kappa shape index (κ3) is 1.76. The van der Waals surface area contributed by atoms with Gasteiger partial charge in [-0.25, -0.2) is 0 Å². The molecular weight excluding hydrogens is 224 g/mol. The Morgan fingerprint density at radius 2 is 2.06 bits per heavy atom. The summed E-state index contributed by atoms with van der Waals surface area (Å²) in [5, 5.41) is 3.55. The van der Waals surface area contributed by atoms with Crippen molar-refractivity contribution < 1.29 is 4.79 Å². The van der Waals surface area contributed by atoms with Gasteiger partial charge in [-0.05, 0) is 26.0 Å². The minimum Gasteiger partial charge on any atom is -0.355 e. The third-order valence-electron chi connectivity index (χ3n) is 2.99. The van der Waals surface area contributed by atoms with Crippen molar-refractivity contribution >= 4 is 23.2 Å². The molecule has 2 rings (SSSR count). The van der Waals surface area contributed by atoms with Gasteiger partial charge in [0.2, 0.25) is 5.91 Å². The SMILES string of the molecule is CC1(C)C(=O)NCCN1c1ccccc1Cl. The molecule has 1 aromatic carbocycles. The van der Waals surface area contributed by atoms with E-state index in [-0.39, 0.29) is 5.91 Å². The van der Waals surface area contributed by atoms with Gasteiger partial charge in [-0.1, -0.05) is 23.7 Å². The molecule has 86 valence electrons. The summed E-state index contributed by atoms with van der Waals surface area (Å²) in [4.78, 5) is 13.9. The number of para-hydroxylation sites is 1. The van der Waals surface area contributed by atoms with Gasteiger partial charge in [0.25, 0.3) is 0 Å². The zero-order chi connectivity index (χ0) is 11.8. The highest BCUT2D eigenvalue weighted by atomic mass is 35.5. The highest BCUT2D eigenvalue weighted by Gasteiger charge is 2.38. The Balaban J connectivity index is 2.40. The molecule has 0 unspecified atom stereocenters. The summed E-state index contributed by atoms with van der Waals surface area (Å²) in [5.74, 6) is 0.0404. The molecule has 0 saturated carbocycles. The van der Waals surface area contributed by atoms with E-state index < -0.39 is 5.54 Å². The summed E-state index contributed by atoms with van der Waals surface area (Å²) in [5.41, 5.74) is 0.368. The van der Waals surface area contributed by atoms with Crippen LogP contribution >= 0.6 is 11.6 Å². The monoisotopic (exact) mass is 238 g/mol. The second-order valence-corrected chi connectivity index (χ2v) is 4.83. The van der Waals surface area contributed by atoms with Crippen LogP contribution < -0.4 is 10.2 Å². The Morgan fingerprint density at radius 1 is 1.38 bits per heavy atom. The summed E-state index contributed by atoms with van der Waals surface area (Å²) in [6.45, 7) is 5.26. The number of halogens is 1. The summed E-state index contributed by atoms with van der Waals surface area (Å²) < 4.78 is 0. The Bertz CT molecular complexity index is 417. The molecule has 1 N–H and O–H groups in total. The van der Waals surface area contributed by atoms with E-state index in [1.165, 1.54) is 0 Å². The minimum atomic E-state index is -0.552. The lowest BCUT2D eigenvalue weighted by atomic mass is 9.98. The molecule has 0 bridgehead atoms. The smallest absolute Gasteiger partial charge is 0.245 e. The van der Waals surface area contributed by atoms with E-state index in [1.54, 1.807) is 0 Å². The number of rotatable bonds is 1. The van der Waals surface area contributed by atoms with Crippen LogP contribution in [0.1, 0.15) is 13.8 Å². The second kappa shape index (κ2) is 3.98. The molecule has 0 spiro atoms. The lowest BCUT2D eigenvalue weighted by Gasteiger charge is -2.43. The number of piperazine rings is 1. The van der Waals surface area contributed by atoms with Crippen LogP contribution in [0, 0.1) is 0 Å². The Labute approximate surface area is 100 Å². The maximum Gasteiger partial charge on any atom is 0.245 e. The Hall–Kier alpha value is -1.22. The van der Waals surface area contributed by atoms with Gasteiger partial charge in [0.15, 0.2) is 0 Å². The standard InChI is InChI=1S/C12H15ClN2O/c1-12(2)11(16)14-7-8-15(12)10-6-4-3-5-9(10)13/h3-6H,7-8H2,1-2H3,(H,14,16). The highest BCUT2D eigenvalue weighted by molar-refractivity contribution is 6.33. The number of nitrogens with zero attached hydrogens (tertiary/aromatic N) is 1. The van der Waals surface area contributed by atoms with Gasteiger partial charge in [-0.15, -0.1) is 0 Å². The van der Waals surface area contributed by atoms with Gasteiger partial charge < -0.3 is 10.2 Å². The molecular formula is C12H15ClN2O. The van der Waals surface area contributed by atoms with Crippen LogP contribution in [0.5, 0.6) is 0 Å². The fourth-order valence-electron chi connectivity index (χ4n) is 1.99. The number of benzene rings is 1. The van der Waals surface area contributed by atoms with Crippen LogP contribution in [0.2, 0.25) is 5.02 Å². The number of carbonyl (C=O) groups excluding carboxylic acids is 1. The first-order chi connectivity index (χ1) is 7.53. The molecule has 1 heterocycles. The lowest BCUT2D eigenvalue weighted by molar-refractivity contribution is -0.126. The van der Waals surface area contributed by atoms with Crippen LogP contribution in [0.3, 0.4) is 0 Å². The van der Waals surface area contributed by atoms with Crippen LogP contribution in [0.4, 0.5) is 5.69 Å². The first kappa shape index (κ1) is 11.3. The van der Waals surface area contributed by atoms with Gasteiger partial charge in [0.1, 0.15) is 5.54 Å². The average Bonchev–Trinajstić information content (AvgIpc) is 2.24. The normalized spacial score (nSPS) is 19.4. The van der Waals surface area contributed by atoms with Crippen molar-refractivity contribution in [2.24, 2.45) is 0 Å². The van der Waals surface area contributed by atoms with Crippen LogP contribution in [-0.2, 0) is 4.79 Å². The molecule has 16 heavy (non-hydrogen) atoms. The zero-order valence-electron chi connectivity index (χ0n) is 9.46. The van der Waals surface area contributed by atoms with E-state index in [0.29, 0.717) is 11.6 Å². The maximum absolute atomic E-state index is 11.8.